The Morgan fingerprint density at radius 2 is 2.05 bits per heavy atom. The van der Waals surface area contributed by atoms with Gasteiger partial charge in [0.05, 0.1) is 9.82 Å². The summed E-state index contributed by atoms with van der Waals surface area (Å²) in [6.07, 6.45) is -0.185. The molecule has 0 aliphatic carbocycles. The lowest BCUT2D eigenvalue weighted by Crippen LogP contribution is -2.36. The van der Waals surface area contributed by atoms with Crippen LogP contribution in [0.15, 0.2) is 17.0 Å². The maximum atomic E-state index is 12.2. The summed E-state index contributed by atoms with van der Waals surface area (Å²) in [5.41, 5.74) is 10.1. The molecule has 0 saturated carbocycles. The van der Waals surface area contributed by atoms with Crippen LogP contribution in [0.3, 0.4) is 0 Å². The van der Waals surface area contributed by atoms with Crippen molar-refractivity contribution < 1.29 is 18.1 Å². The Hall–Kier alpha value is -2.20. The highest BCUT2D eigenvalue weighted by molar-refractivity contribution is 7.89. The second-order valence-corrected chi connectivity index (χ2v) is 6.31. The predicted octanol–water partition coefficient (Wildman–Crippen LogP) is 0.0276. The zero-order valence-corrected chi connectivity index (χ0v) is 12.3. The molecule has 0 spiro atoms. The minimum absolute atomic E-state index is 0.123. The number of carbonyl (C=O) groups excluding carboxylic acids is 1. The van der Waals surface area contributed by atoms with Crippen LogP contribution in [-0.4, -0.2) is 25.3 Å². The summed E-state index contributed by atoms with van der Waals surface area (Å²) in [5.74, 6) is -0.662. The van der Waals surface area contributed by atoms with E-state index < -0.39 is 32.6 Å². The van der Waals surface area contributed by atoms with E-state index in [2.05, 4.69) is 4.72 Å². The van der Waals surface area contributed by atoms with Gasteiger partial charge in [0.25, 0.3) is 5.69 Å². The largest absolute Gasteiger partial charge is 0.393 e. The van der Waals surface area contributed by atoms with Crippen LogP contribution in [-0.2, 0) is 14.8 Å². The van der Waals surface area contributed by atoms with Gasteiger partial charge in [-0.3, -0.25) is 14.9 Å². The van der Waals surface area contributed by atoms with Crippen molar-refractivity contribution in [2.45, 2.75) is 31.2 Å². The van der Waals surface area contributed by atoms with Crippen LogP contribution in [0, 0.1) is 17.0 Å². The lowest BCUT2D eigenvalue weighted by atomic mass is 10.2. The van der Waals surface area contributed by atoms with Gasteiger partial charge in [0.2, 0.25) is 15.9 Å². The van der Waals surface area contributed by atoms with E-state index in [1.54, 1.807) is 0 Å². The highest BCUT2D eigenvalue weighted by atomic mass is 32.2. The van der Waals surface area contributed by atoms with Crippen LogP contribution in [0.25, 0.3) is 0 Å². The maximum absolute atomic E-state index is 12.2. The maximum Gasteiger partial charge on any atom is 0.293 e. The second-order valence-electron chi connectivity index (χ2n) is 4.63. The first-order valence-corrected chi connectivity index (χ1v) is 7.38. The number of anilines is 1. The number of nitrogens with one attached hydrogen (secondary N) is 1. The van der Waals surface area contributed by atoms with Crippen molar-refractivity contribution >= 4 is 27.3 Å². The van der Waals surface area contributed by atoms with Crippen LogP contribution in [0.1, 0.15) is 18.9 Å². The van der Waals surface area contributed by atoms with Crippen molar-refractivity contribution in [1.82, 2.24) is 4.72 Å². The minimum atomic E-state index is -4.03. The van der Waals surface area contributed by atoms with Crippen LogP contribution in [0.5, 0.6) is 0 Å². The number of hydrogen-bond donors (Lipinski definition) is 3. The Morgan fingerprint density at radius 1 is 1.48 bits per heavy atom. The van der Waals surface area contributed by atoms with E-state index in [-0.39, 0.29) is 22.6 Å². The normalized spacial score (nSPS) is 12.9. The van der Waals surface area contributed by atoms with E-state index in [4.69, 9.17) is 11.5 Å². The fourth-order valence-corrected chi connectivity index (χ4v) is 3.31. The zero-order chi connectivity index (χ0) is 16.4. The Bertz CT molecular complexity index is 686. The molecule has 0 saturated heterocycles. The third kappa shape index (κ3) is 4.13. The molecule has 0 heterocycles. The van der Waals surface area contributed by atoms with E-state index in [1.165, 1.54) is 19.9 Å². The molecule has 5 N–H and O–H groups in total. The fraction of sp³-hybridized carbons (Fsp3) is 0.364. The standard InChI is InChI=1S/C11H16N4O5S/c1-6-3-8(12)9(15(17)18)5-10(6)21(19,20)14-7(2)4-11(13)16/h3,5,7,14H,4,12H2,1-2H3,(H2,13,16). The Labute approximate surface area is 121 Å². The number of amides is 1. The van der Waals surface area contributed by atoms with Gasteiger partial charge in [-0.15, -0.1) is 0 Å². The van der Waals surface area contributed by atoms with Crippen LogP contribution < -0.4 is 16.2 Å². The van der Waals surface area contributed by atoms with Gasteiger partial charge in [0.15, 0.2) is 0 Å². The number of nitro groups is 1. The van der Waals surface area contributed by atoms with Crippen molar-refractivity contribution in [2.24, 2.45) is 5.73 Å². The lowest BCUT2D eigenvalue weighted by Gasteiger charge is -2.14. The van der Waals surface area contributed by atoms with Crippen LogP contribution >= 0.6 is 0 Å². The topological polar surface area (TPSA) is 158 Å². The number of sulfonamides is 1. The van der Waals surface area contributed by atoms with E-state index in [0.29, 0.717) is 0 Å². The van der Waals surface area contributed by atoms with Gasteiger partial charge < -0.3 is 11.5 Å². The molecule has 9 nitrogen and oxygen atoms in total. The average molecular weight is 316 g/mol. The first kappa shape index (κ1) is 16.9. The van der Waals surface area contributed by atoms with E-state index >= 15 is 0 Å². The van der Waals surface area contributed by atoms with Gasteiger partial charge >= 0.3 is 0 Å². The molecule has 1 aromatic carbocycles. The van der Waals surface area contributed by atoms with Gasteiger partial charge in [0, 0.05) is 18.5 Å². The molecule has 1 aromatic rings. The molecular weight excluding hydrogens is 300 g/mol. The third-order valence-corrected chi connectivity index (χ3v) is 4.41. The third-order valence-electron chi connectivity index (χ3n) is 2.67. The predicted molar refractivity (Wildman–Crippen MR) is 75.8 cm³/mol. The smallest absolute Gasteiger partial charge is 0.293 e. The van der Waals surface area contributed by atoms with Crippen molar-refractivity contribution in [3.05, 3.63) is 27.8 Å². The van der Waals surface area contributed by atoms with E-state index in [9.17, 15) is 23.3 Å². The first-order valence-electron chi connectivity index (χ1n) is 5.89. The molecule has 10 heteroatoms. The molecule has 0 fully saturated rings. The van der Waals surface area contributed by atoms with Crippen LogP contribution in [0.2, 0.25) is 0 Å². The Balaban J connectivity index is 3.22. The monoisotopic (exact) mass is 316 g/mol. The summed E-state index contributed by atoms with van der Waals surface area (Å²) < 4.78 is 26.6. The van der Waals surface area contributed by atoms with E-state index in [0.717, 1.165) is 6.07 Å². The fourth-order valence-electron chi connectivity index (χ4n) is 1.82. The summed E-state index contributed by atoms with van der Waals surface area (Å²) in [4.78, 5) is 20.6. The second kappa shape index (κ2) is 6.06. The van der Waals surface area contributed by atoms with Gasteiger partial charge in [-0.25, -0.2) is 13.1 Å². The lowest BCUT2D eigenvalue weighted by molar-refractivity contribution is -0.384. The summed E-state index contributed by atoms with van der Waals surface area (Å²) in [7, 11) is -4.03. The van der Waals surface area contributed by atoms with Crippen molar-refractivity contribution in [3.63, 3.8) is 0 Å². The molecule has 0 aromatic heterocycles. The highest BCUT2D eigenvalue weighted by Gasteiger charge is 2.24. The molecular formula is C11H16N4O5S. The SMILES string of the molecule is Cc1cc(N)c([N+](=O)[O-])cc1S(=O)(=O)NC(C)CC(N)=O. The number of primary amides is 1. The summed E-state index contributed by atoms with van der Waals surface area (Å²) >= 11 is 0. The molecule has 1 rings (SSSR count). The van der Waals surface area contributed by atoms with Gasteiger partial charge in [-0.05, 0) is 25.5 Å². The molecule has 1 amide bonds. The molecule has 0 aliphatic heterocycles. The molecule has 1 unspecified atom stereocenters. The minimum Gasteiger partial charge on any atom is -0.393 e. The molecule has 0 radical (unpaired) electrons. The summed E-state index contributed by atoms with van der Waals surface area (Å²) in [6.45, 7) is 2.93. The zero-order valence-electron chi connectivity index (χ0n) is 11.5. The van der Waals surface area contributed by atoms with Gasteiger partial charge in [0.1, 0.15) is 5.69 Å². The molecule has 0 bridgehead atoms. The average Bonchev–Trinajstić information content (AvgIpc) is 2.25. The molecule has 0 aliphatic rings. The van der Waals surface area contributed by atoms with E-state index in [1.807, 2.05) is 0 Å². The number of nitro benzene ring substituents is 1. The number of nitrogens with two attached hydrogens (primary N) is 2. The Morgan fingerprint density at radius 3 is 2.52 bits per heavy atom. The number of hydrogen-bond acceptors (Lipinski definition) is 6. The molecule has 21 heavy (non-hydrogen) atoms. The number of nitrogen functional groups attached to an aromatic ring is 1. The quantitative estimate of drug-likeness (QED) is 0.381. The number of carbonyl (C=O) groups is 1. The number of nitrogens with zero attached hydrogens (tertiary/aromatic N) is 1. The molecule has 116 valence electrons. The summed E-state index contributed by atoms with van der Waals surface area (Å²) in [5, 5.41) is 10.8. The first-order chi connectivity index (χ1) is 9.54. The van der Waals surface area contributed by atoms with Gasteiger partial charge in [-0.2, -0.15) is 0 Å². The Kier molecular flexibility index (Phi) is 4.86. The summed E-state index contributed by atoms with van der Waals surface area (Å²) in [6, 6.07) is 1.37. The van der Waals surface area contributed by atoms with Crippen molar-refractivity contribution in [3.8, 4) is 0 Å². The number of rotatable bonds is 6. The molecule has 1 atom stereocenters. The highest BCUT2D eigenvalue weighted by Crippen LogP contribution is 2.28. The van der Waals surface area contributed by atoms with Crippen LogP contribution in [0.4, 0.5) is 11.4 Å². The van der Waals surface area contributed by atoms with Crippen molar-refractivity contribution in [2.75, 3.05) is 5.73 Å². The van der Waals surface area contributed by atoms with Crippen molar-refractivity contribution in [1.29, 1.82) is 0 Å². The van der Waals surface area contributed by atoms with Gasteiger partial charge in [-0.1, -0.05) is 0 Å². The number of benzene rings is 1. The number of aryl methyl sites for hydroxylation is 1.